The summed E-state index contributed by atoms with van der Waals surface area (Å²) in [6, 6.07) is 1.18. The summed E-state index contributed by atoms with van der Waals surface area (Å²) in [6.45, 7) is 2.70. The lowest BCUT2D eigenvalue weighted by Gasteiger charge is -2.26. The van der Waals surface area contributed by atoms with Crippen LogP contribution in [-0.4, -0.2) is 35.0 Å². The molecule has 2 rings (SSSR count). The summed E-state index contributed by atoms with van der Waals surface area (Å²) in [5.74, 6) is -4.59. The summed E-state index contributed by atoms with van der Waals surface area (Å²) in [7, 11) is 0. The van der Waals surface area contributed by atoms with E-state index in [0.717, 1.165) is 5.57 Å². The van der Waals surface area contributed by atoms with Crippen molar-refractivity contribution in [1.82, 2.24) is 4.90 Å². The van der Waals surface area contributed by atoms with Crippen molar-refractivity contribution >= 4 is 11.9 Å². The van der Waals surface area contributed by atoms with Crippen LogP contribution in [0, 0.1) is 11.6 Å². The zero-order valence-corrected chi connectivity index (χ0v) is 10.8. The van der Waals surface area contributed by atoms with Crippen LogP contribution in [0.15, 0.2) is 23.8 Å². The average Bonchev–Trinajstić information content (AvgIpc) is 2.41. The van der Waals surface area contributed by atoms with E-state index in [-0.39, 0.29) is 5.56 Å². The Balaban J connectivity index is 2.39. The van der Waals surface area contributed by atoms with E-state index in [4.69, 9.17) is 5.11 Å². The minimum Gasteiger partial charge on any atom is -0.478 e. The molecule has 4 nitrogen and oxygen atoms in total. The van der Waals surface area contributed by atoms with Crippen molar-refractivity contribution < 1.29 is 23.5 Å². The third kappa shape index (κ3) is 2.68. The fraction of sp³-hybridized carbons (Fsp3) is 0.286. The number of halogens is 2. The SMILES string of the molecule is CC1=CCN(C(=O)c2cc(F)c(F)cc2C(=O)O)CC1. The number of carboxylic acids is 1. The molecule has 0 radical (unpaired) electrons. The van der Waals surface area contributed by atoms with Gasteiger partial charge in [-0.25, -0.2) is 13.6 Å². The van der Waals surface area contributed by atoms with Gasteiger partial charge < -0.3 is 10.0 Å². The number of carbonyl (C=O) groups is 2. The summed E-state index contributed by atoms with van der Waals surface area (Å²) in [5, 5.41) is 9.00. The van der Waals surface area contributed by atoms with Gasteiger partial charge in [0.05, 0.1) is 11.1 Å². The lowest BCUT2D eigenvalue weighted by atomic mass is 10.0. The minimum absolute atomic E-state index is 0.329. The Bertz CT molecular complexity index is 611. The molecule has 1 aromatic rings. The van der Waals surface area contributed by atoms with E-state index >= 15 is 0 Å². The lowest BCUT2D eigenvalue weighted by Crippen LogP contribution is -2.35. The van der Waals surface area contributed by atoms with E-state index < -0.39 is 29.1 Å². The lowest BCUT2D eigenvalue weighted by molar-refractivity contribution is 0.0676. The molecule has 1 aliphatic rings. The van der Waals surface area contributed by atoms with Gasteiger partial charge in [-0.05, 0) is 25.5 Å². The first-order valence-corrected chi connectivity index (χ1v) is 6.07. The Labute approximate surface area is 114 Å². The molecule has 1 amide bonds. The number of benzene rings is 1. The summed E-state index contributed by atoms with van der Waals surface area (Å²) >= 11 is 0. The molecular formula is C14H13F2NO3. The van der Waals surface area contributed by atoms with E-state index in [1.165, 1.54) is 4.90 Å². The maximum absolute atomic E-state index is 13.3. The maximum atomic E-state index is 13.3. The number of carbonyl (C=O) groups excluding carboxylic acids is 1. The van der Waals surface area contributed by atoms with Crippen LogP contribution in [0.2, 0.25) is 0 Å². The van der Waals surface area contributed by atoms with Crippen molar-refractivity contribution in [2.24, 2.45) is 0 Å². The highest BCUT2D eigenvalue weighted by molar-refractivity contribution is 6.04. The second-order valence-electron chi connectivity index (χ2n) is 4.67. The maximum Gasteiger partial charge on any atom is 0.336 e. The summed E-state index contributed by atoms with van der Waals surface area (Å²) in [4.78, 5) is 24.7. The molecule has 0 aromatic heterocycles. The predicted molar refractivity (Wildman–Crippen MR) is 67.6 cm³/mol. The van der Waals surface area contributed by atoms with Gasteiger partial charge in [-0.1, -0.05) is 11.6 Å². The normalized spacial score (nSPS) is 14.9. The molecule has 0 saturated heterocycles. The van der Waals surface area contributed by atoms with Crippen LogP contribution in [0.5, 0.6) is 0 Å². The summed E-state index contributed by atoms with van der Waals surface area (Å²) < 4.78 is 26.4. The van der Waals surface area contributed by atoms with Crippen molar-refractivity contribution in [1.29, 1.82) is 0 Å². The monoisotopic (exact) mass is 281 g/mol. The molecule has 0 atom stereocenters. The van der Waals surface area contributed by atoms with Gasteiger partial charge in [-0.3, -0.25) is 4.79 Å². The predicted octanol–water partition coefficient (Wildman–Crippen LogP) is 2.46. The standard InChI is InChI=1S/C14H13F2NO3/c1-8-2-4-17(5-3-8)13(18)9-6-11(15)12(16)7-10(9)14(19)20/h2,6-7H,3-5H2,1H3,(H,19,20). The smallest absolute Gasteiger partial charge is 0.336 e. The van der Waals surface area contributed by atoms with E-state index in [1.54, 1.807) is 0 Å². The number of nitrogens with zero attached hydrogens (tertiary/aromatic N) is 1. The number of rotatable bonds is 2. The second kappa shape index (κ2) is 5.40. The van der Waals surface area contributed by atoms with Crippen LogP contribution >= 0.6 is 0 Å². The van der Waals surface area contributed by atoms with Crippen molar-refractivity contribution in [3.8, 4) is 0 Å². The van der Waals surface area contributed by atoms with Crippen LogP contribution in [0.1, 0.15) is 34.1 Å². The highest BCUT2D eigenvalue weighted by Gasteiger charge is 2.25. The first-order valence-electron chi connectivity index (χ1n) is 6.07. The molecule has 0 bridgehead atoms. The molecule has 0 aliphatic carbocycles. The number of hydrogen-bond donors (Lipinski definition) is 1. The largest absolute Gasteiger partial charge is 0.478 e. The Morgan fingerprint density at radius 1 is 1.20 bits per heavy atom. The van der Waals surface area contributed by atoms with Crippen LogP contribution in [0.4, 0.5) is 8.78 Å². The van der Waals surface area contributed by atoms with Gasteiger partial charge in [0, 0.05) is 13.1 Å². The van der Waals surface area contributed by atoms with Gasteiger partial charge in [0.2, 0.25) is 0 Å². The zero-order chi connectivity index (χ0) is 14.9. The number of carboxylic acid groups (broad SMARTS) is 1. The Morgan fingerprint density at radius 2 is 1.80 bits per heavy atom. The highest BCUT2D eigenvalue weighted by atomic mass is 19.2. The van der Waals surface area contributed by atoms with Crippen LogP contribution in [0.3, 0.4) is 0 Å². The van der Waals surface area contributed by atoms with E-state index in [1.807, 2.05) is 13.0 Å². The van der Waals surface area contributed by atoms with Gasteiger partial charge in [0.15, 0.2) is 11.6 Å². The second-order valence-corrected chi connectivity index (χ2v) is 4.67. The van der Waals surface area contributed by atoms with Crippen LogP contribution in [-0.2, 0) is 0 Å². The van der Waals surface area contributed by atoms with Gasteiger partial charge in [0.25, 0.3) is 5.91 Å². The first-order chi connectivity index (χ1) is 9.40. The molecule has 1 aliphatic heterocycles. The topological polar surface area (TPSA) is 57.6 Å². The molecule has 6 heteroatoms. The summed E-state index contributed by atoms with van der Waals surface area (Å²) in [5.41, 5.74) is 0.280. The molecule has 1 heterocycles. The zero-order valence-electron chi connectivity index (χ0n) is 10.8. The number of hydrogen-bond acceptors (Lipinski definition) is 2. The van der Waals surface area contributed by atoms with Crippen LogP contribution < -0.4 is 0 Å². The molecule has 106 valence electrons. The van der Waals surface area contributed by atoms with Crippen molar-refractivity contribution in [3.05, 3.63) is 46.5 Å². The quantitative estimate of drug-likeness (QED) is 0.847. The Hall–Kier alpha value is -2.24. The van der Waals surface area contributed by atoms with Crippen molar-refractivity contribution in [3.63, 3.8) is 0 Å². The fourth-order valence-electron chi connectivity index (χ4n) is 2.03. The molecular weight excluding hydrogens is 268 g/mol. The molecule has 0 unspecified atom stereocenters. The molecule has 20 heavy (non-hydrogen) atoms. The Kier molecular flexibility index (Phi) is 3.83. The molecule has 0 fully saturated rings. The molecule has 1 N–H and O–H groups in total. The average molecular weight is 281 g/mol. The number of aromatic carboxylic acids is 1. The fourth-order valence-corrected chi connectivity index (χ4v) is 2.03. The van der Waals surface area contributed by atoms with Gasteiger partial charge in [-0.15, -0.1) is 0 Å². The third-order valence-electron chi connectivity index (χ3n) is 3.24. The third-order valence-corrected chi connectivity index (χ3v) is 3.24. The Morgan fingerprint density at radius 3 is 2.30 bits per heavy atom. The molecule has 1 aromatic carbocycles. The van der Waals surface area contributed by atoms with Crippen LogP contribution in [0.25, 0.3) is 0 Å². The van der Waals surface area contributed by atoms with Gasteiger partial charge >= 0.3 is 5.97 Å². The molecule has 0 saturated carbocycles. The van der Waals surface area contributed by atoms with E-state index in [0.29, 0.717) is 31.6 Å². The van der Waals surface area contributed by atoms with Crippen molar-refractivity contribution in [2.45, 2.75) is 13.3 Å². The number of amides is 1. The van der Waals surface area contributed by atoms with Gasteiger partial charge in [0.1, 0.15) is 0 Å². The summed E-state index contributed by atoms with van der Waals surface area (Å²) in [6.07, 6.45) is 2.53. The van der Waals surface area contributed by atoms with E-state index in [2.05, 4.69) is 0 Å². The minimum atomic E-state index is -1.46. The highest BCUT2D eigenvalue weighted by Crippen LogP contribution is 2.19. The van der Waals surface area contributed by atoms with Crippen molar-refractivity contribution in [2.75, 3.05) is 13.1 Å². The van der Waals surface area contributed by atoms with Gasteiger partial charge in [-0.2, -0.15) is 0 Å². The first kappa shape index (κ1) is 14.2. The molecule has 0 spiro atoms. The van der Waals surface area contributed by atoms with E-state index in [9.17, 15) is 18.4 Å².